The van der Waals surface area contributed by atoms with Gasteiger partial charge in [0.05, 0.1) is 11.4 Å². The Kier molecular flexibility index (Phi) is 7.87. The van der Waals surface area contributed by atoms with Crippen molar-refractivity contribution < 1.29 is 23.9 Å². The first-order chi connectivity index (χ1) is 16.9. The number of likely N-dealkylation sites (tertiary alicyclic amines) is 1. The van der Waals surface area contributed by atoms with Crippen molar-refractivity contribution in [3.63, 3.8) is 0 Å². The fourth-order valence-corrected chi connectivity index (χ4v) is 4.40. The molecular weight excluding hydrogens is 448 g/mol. The van der Waals surface area contributed by atoms with Gasteiger partial charge in [-0.2, -0.15) is 0 Å². The van der Waals surface area contributed by atoms with E-state index in [2.05, 4.69) is 10.2 Å². The average molecular weight is 481 g/mol. The summed E-state index contributed by atoms with van der Waals surface area (Å²) >= 11 is 0. The Bertz CT molecular complexity index is 1140. The van der Waals surface area contributed by atoms with Crippen LogP contribution in [0.25, 0.3) is 10.9 Å². The summed E-state index contributed by atoms with van der Waals surface area (Å²) in [5.41, 5.74) is 2.52. The summed E-state index contributed by atoms with van der Waals surface area (Å²) in [5.74, 6) is -0.733. The largest absolute Gasteiger partial charge is 0.428 e. The minimum absolute atomic E-state index is 0.00787. The number of para-hydroxylation sites is 1. The first-order valence-corrected chi connectivity index (χ1v) is 11.9. The first kappa shape index (κ1) is 24.5. The number of allylic oxidation sites excluding steroid dienone is 1. The van der Waals surface area contributed by atoms with Crippen molar-refractivity contribution in [2.45, 2.75) is 25.7 Å². The zero-order valence-electron chi connectivity index (χ0n) is 20.2. The number of hydrogen-bond acceptors (Lipinski definition) is 7. The SMILES string of the molecule is CN(C)CCc1cn(C(=O)OCOC(=O)C2CCN(C(=O)C3=CNC=CC3)CC2)c2ccccc12. The summed E-state index contributed by atoms with van der Waals surface area (Å²) in [6.07, 6.45) is 9.07. The highest BCUT2D eigenvalue weighted by atomic mass is 16.7. The third kappa shape index (κ3) is 5.92. The van der Waals surface area contributed by atoms with Gasteiger partial charge in [0.2, 0.25) is 6.79 Å². The fourth-order valence-electron chi connectivity index (χ4n) is 4.40. The van der Waals surface area contributed by atoms with E-state index in [0.29, 0.717) is 37.9 Å². The molecule has 35 heavy (non-hydrogen) atoms. The van der Waals surface area contributed by atoms with E-state index in [4.69, 9.17) is 9.47 Å². The Hall–Kier alpha value is -3.59. The van der Waals surface area contributed by atoms with Gasteiger partial charge in [0.1, 0.15) is 0 Å². The molecule has 9 heteroatoms. The Morgan fingerprint density at radius 2 is 1.89 bits per heavy atom. The number of carbonyl (C=O) groups is 3. The van der Waals surface area contributed by atoms with Crippen LogP contribution in [-0.4, -0.2) is 72.9 Å². The molecule has 9 nitrogen and oxygen atoms in total. The molecule has 0 bridgehead atoms. The minimum atomic E-state index is -0.589. The van der Waals surface area contributed by atoms with Crippen molar-refractivity contribution in [3.8, 4) is 0 Å². The van der Waals surface area contributed by atoms with Crippen LogP contribution in [-0.2, 0) is 25.5 Å². The lowest BCUT2D eigenvalue weighted by Crippen LogP contribution is -2.41. The molecule has 0 aliphatic carbocycles. The molecule has 1 aromatic heterocycles. The molecule has 0 unspecified atom stereocenters. The number of aromatic nitrogens is 1. The highest BCUT2D eigenvalue weighted by molar-refractivity contribution is 5.94. The van der Waals surface area contributed by atoms with Crippen LogP contribution in [0, 0.1) is 5.92 Å². The van der Waals surface area contributed by atoms with E-state index in [1.807, 2.05) is 44.4 Å². The molecule has 1 saturated heterocycles. The summed E-state index contributed by atoms with van der Waals surface area (Å²) in [6, 6.07) is 7.67. The molecular formula is C26H32N4O5. The number of rotatable bonds is 7. The van der Waals surface area contributed by atoms with Crippen molar-refractivity contribution in [2.75, 3.05) is 40.5 Å². The molecule has 1 amide bonds. The Morgan fingerprint density at radius 3 is 2.60 bits per heavy atom. The number of piperidine rings is 1. The molecule has 0 atom stereocenters. The number of esters is 1. The lowest BCUT2D eigenvalue weighted by atomic mass is 9.96. The summed E-state index contributed by atoms with van der Waals surface area (Å²) < 4.78 is 12.0. The topological polar surface area (TPSA) is 93.1 Å². The van der Waals surface area contributed by atoms with Crippen LogP contribution in [0.5, 0.6) is 0 Å². The number of benzene rings is 1. The third-order valence-electron chi connectivity index (χ3n) is 6.40. The Morgan fingerprint density at radius 1 is 1.11 bits per heavy atom. The zero-order chi connectivity index (χ0) is 24.8. The van der Waals surface area contributed by atoms with Crippen LogP contribution in [0.4, 0.5) is 4.79 Å². The number of ether oxygens (including phenoxy) is 2. The van der Waals surface area contributed by atoms with Gasteiger partial charge in [0.25, 0.3) is 5.91 Å². The predicted molar refractivity (Wildman–Crippen MR) is 131 cm³/mol. The Labute approximate surface area is 204 Å². The monoisotopic (exact) mass is 480 g/mol. The molecule has 3 heterocycles. The van der Waals surface area contributed by atoms with Crippen molar-refractivity contribution in [1.29, 1.82) is 0 Å². The number of carbonyl (C=O) groups excluding carboxylic acids is 3. The van der Waals surface area contributed by atoms with Crippen molar-refractivity contribution >= 4 is 28.9 Å². The van der Waals surface area contributed by atoms with E-state index in [0.717, 1.165) is 29.4 Å². The van der Waals surface area contributed by atoms with Gasteiger partial charge >= 0.3 is 12.1 Å². The fraction of sp³-hybridized carbons (Fsp3) is 0.423. The van der Waals surface area contributed by atoms with Gasteiger partial charge in [-0.1, -0.05) is 24.3 Å². The maximum Gasteiger partial charge on any atom is 0.421 e. The lowest BCUT2D eigenvalue weighted by molar-refractivity contribution is -0.159. The quantitative estimate of drug-likeness (QED) is 0.481. The molecule has 0 saturated carbocycles. The molecule has 1 N–H and O–H groups in total. The standard InChI is InChI=1S/C26H32N4O5/c1-28(2)13-9-21-17-30(23-8-4-3-7-22(21)23)26(33)35-18-34-25(32)19-10-14-29(15-11-19)24(31)20-6-5-12-27-16-20/h3-5,7-8,12,16-17,19,27H,6,9-11,13-15,18H2,1-2H3. The van der Waals surface area contributed by atoms with Crippen molar-refractivity contribution in [1.82, 2.24) is 19.7 Å². The number of dihydropyridines is 1. The minimum Gasteiger partial charge on any atom is -0.428 e. The summed E-state index contributed by atoms with van der Waals surface area (Å²) in [6.45, 7) is 1.40. The van der Waals surface area contributed by atoms with E-state index >= 15 is 0 Å². The summed E-state index contributed by atoms with van der Waals surface area (Å²) in [7, 11) is 4.01. The first-order valence-electron chi connectivity index (χ1n) is 11.9. The second-order valence-corrected chi connectivity index (χ2v) is 9.10. The van der Waals surface area contributed by atoms with Crippen LogP contribution in [0.2, 0.25) is 0 Å². The van der Waals surface area contributed by atoms with Gasteiger partial charge in [0.15, 0.2) is 0 Å². The normalized spacial score (nSPS) is 16.2. The maximum atomic E-state index is 12.7. The van der Waals surface area contributed by atoms with Crippen molar-refractivity contribution in [3.05, 3.63) is 60.1 Å². The Balaban J connectivity index is 1.26. The highest BCUT2D eigenvalue weighted by Crippen LogP contribution is 2.23. The second-order valence-electron chi connectivity index (χ2n) is 9.10. The molecule has 1 aromatic carbocycles. The molecule has 0 spiro atoms. The highest BCUT2D eigenvalue weighted by Gasteiger charge is 2.29. The zero-order valence-corrected chi connectivity index (χ0v) is 20.2. The number of likely N-dealkylation sites (N-methyl/N-ethyl adjacent to an activating group) is 1. The summed E-state index contributed by atoms with van der Waals surface area (Å²) in [5, 5.41) is 3.94. The molecule has 2 aliphatic rings. The molecule has 0 radical (unpaired) electrons. The van der Waals surface area contributed by atoms with Crippen LogP contribution in [0.15, 0.2) is 54.5 Å². The predicted octanol–water partition coefficient (Wildman–Crippen LogP) is 2.86. The number of hydrogen-bond donors (Lipinski definition) is 1. The molecule has 2 aromatic rings. The molecule has 1 fully saturated rings. The van der Waals surface area contributed by atoms with Crippen molar-refractivity contribution in [2.24, 2.45) is 5.92 Å². The number of nitrogens with one attached hydrogen (secondary N) is 1. The third-order valence-corrected chi connectivity index (χ3v) is 6.40. The lowest BCUT2D eigenvalue weighted by Gasteiger charge is -2.31. The van der Waals surface area contributed by atoms with Crippen LogP contribution < -0.4 is 5.32 Å². The number of amides is 1. The smallest absolute Gasteiger partial charge is 0.421 e. The van der Waals surface area contributed by atoms with Gasteiger partial charge in [-0.05, 0) is 57.6 Å². The van der Waals surface area contributed by atoms with Crippen LogP contribution in [0.3, 0.4) is 0 Å². The van der Waals surface area contributed by atoms with Gasteiger partial charge < -0.3 is 24.6 Å². The number of nitrogens with zero attached hydrogens (tertiary/aromatic N) is 3. The number of fused-ring (bicyclic) bond motifs is 1. The van der Waals surface area contributed by atoms with Gasteiger partial charge in [-0.3, -0.25) is 14.2 Å². The van der Waals surface area contributed by atoms with E-state index in [1.54, 1.807) is 23.5 Å². The van der Waals surface area contributed by atoms with Crippen LogP contribution in [0.1, 0.15) is 24.8 Å². The molecule has 4 rings (SSSR count). The van der Waals surface area contributed by atoms with Crippen LogP contribution >= 0.6 is 0 Å². The van der Waals surface area contributed by atoms with Gasteiger partial charge in [0, 0.05) is 43.0 Å². The molecule has 186 valence electrons. The van der Waals surface area contributed by atoms with Gasteiger partial charge in [-0.15, -0.1) is 0 Å². The molecule has 2 aliphatic heterocycles. The van der Waals surface area contributed by atoms with E-state index in [1.165, 1.54) is 4.57 Å². The average Bonchev–Trinajstić information content (AvgIpc) is 3.26. The van der Waals surface area contributed by atoms with E-state index in [-0.39, 0.29) is 11.8 Å². The maximum absolute atomic E-state index is 12.7. The summed E-state index contributed by atoms with van der Waals surface area (Å²) in [4.78, 5) is 41.7. The van der Waals surface area contributed by atoms with E-state index < -0.39 is 18.9 Å². The van der Waals surface area contributed by atoms with E-state index in [9.17, 15) is 14.4 Å². The van der Waals surface area contributed by atoms with Gasteiger partial charge in [-0.25, -0.2) is 4.79 Å². The second kappa shape index (κ2) is 11.2.